The second-order valence-electron chi connectivity index (χ2n) is 5.59. The summed E-state index contributed by atoms with van der Waals surface area (Å²) in [5.41, 5.74) is 0.717. The number of nitrogens with zero attached hydrogens (tertiary/aromatic N) is 1. The Morgan fingerprint density at radius 3 is 2.48 bits per heavy atom. The monoisotopic (exact) mass is 331 g/mol. The number of aliphatic hydroxyl groups is 1. The Labute approximate surface area is 134 Å². The van der Waals surface area contributed by atoms with Crippen LogP contribution in [0, 0.1) is 0 Å². The smallest absolute Gasteiger partial charge is 0.170 e. The van der Waals surface area contributed by atoms with Gasteiger partial charge in [-0.3, -0.25) is 0 Å². The van der Waals surface area contributed by atoms with Crippen LogP contribution in [0.2, 0.25) is 10.0 Å². The molecule has 0 amide bonds. The zero-order chi connectivity index (χ0) is 14.9. The number of piperidine rings is 1. The topological polar surface area (TPSA) is 41.9 Å². The minimum atomic E-state index is -0.616. The zero-order valence-corrected chi connectivity index (χ0v) is 13.2. The summed E-state index contributed by atoms with van der Waals surface area (Å²) in [5.74, 6) is -0.376. The van der Waals surface area contributed by atoms with E-state index in [0.717, 1.165) is 31.5 Å². The van der Waals surface area contributed by atoms with Gasteiger partial charge in [-0.25, -0.2) is 0 Å². The van der Waals surface area contributed by atoms with Gasteiger partial charge in [0.15, 0.2) is 5.79 Å². The van der Waals surface area contributed by atoms with Gasteiger partial charge in [0.25, 0.3) is 0 Å². The summed E-state index contributed by atoms with van der Waals surface area (Å²) in [6.07, 6.45) is 1.07. The number of likely N-dealkylation sites (tertiary alicyclic amines) is 1. The Kier molecular flexibility index (Phi) is 4.74. The summed E-state index contributed by atoms with van der Waals surface area (Å²) in [4.78, 5) is 2.21. The fraction of sp³-hybridized carbons (Fsp3) is 0.600. The van der Waals surface area contributed by atoms with Crippen LogP contribution in [0.15, 0.2) is 18.2 Å². The number of halogens is 2. The molecule has 1 aromatic rings. The lowest BCUT2D eigenvalue weighted by Crippen LogP contribution is -2.46. The zero-order valence-electron chi connectivity index (χ0n) is 11.7. The highest BCUT2D eigenvalue weighted by molar-refractivity contribution is 6.35. The van der Waals surface area contributed by atoms with E-state index in [-0.39, 0.29) is 5.79 Å². The molecule has 0 aromatic heterocycles. The van der Waals surface area contributed by atoms with Crippen molar-refractivity contribution in [2.75, 3.05) is 32.8 Å². The average Bonchev–Trinajstić information content (AvgIpc) is 2.90. The van der Waals surface area contributed by atoms with Crippen LogP contribution in [-0.4, -0.2) is 48.6 Å². The van der Waals surface area contributed by atoms with Crippen LogP contribution in [0.3, 0.4) is 0 Å². The molecule has 1 atom stereocenters. The number of ether oxygens (including phenoxy) is 2. The van der Waals surface area contributed by atoms with Gasteiger partial charge in [0, 0.05) is 48.1 Å². The largest absolute Gasteiger partial charge is 0.387 e. The first-order valence-electron chi connectivity index (χ1n) is 7.21. The maximum atomic E-state index is 10.4. The molecular formula is C15H19Cl2NO3. The SMILES string of the molecule is OC(CN1CCC2(CC1)OCCO2)c1ccc(Cl)cc1Cl. The fourth-order valence-electron chi connectivity index (χ4n) is 2.98. The fourth-order valence-corrected chi connectivity index (χ4v) is 3.51. The molecule has 1 spiro atoms. The Morgan fingerprint density at radius 1 is 1.19 bits per heavy atom. The van der Waals surface area contributed by atoms with Crippen LogP contribution in [0.5, 0.6) is 0 Å². The summed E-state index contributed by atoms with van der Waals surface area (Å²) in [6, 6.07) is 5.19. The predicted molar refractivity (Wildman–Crippen MR) is 81.7 cm³/mol. The first-order valence-corrected chi connectivity index (χ1v) is 7.97. The number of benzene rings is 1. The number of hydrogen-bond donors (Lipinski definition) is 1. The third-order valence-corrected chi connectivity index (χ3v) is 4.75. The Bertz CT molecular complexity index is 496. The molecule has 1 aromatic carbocycles. The molecule has 6 heteroatoms. The van der Waals surface area contributed by atoms with Crippen molar-refractivity contribution in [3.63, 3.8) is 0 Å². The second-order valence-corrected chi connectivity index (χ2v) is 6.43. The summed E-state index contributed by atoms with van der Waals surface area (Å²) in [7, 11) is 0. The maximum absolute atomic E-state index is 10.4. The van der Waals surface area contributed by atoms with Crippen molar-refractivity contribution in [1.29, 1.82) is 0 Å². The summed E-state index contributed by atoms with van der Waals surface area (Å²) in [5, 5.41) is 11.5. The molecular weight excluding hydrogens is 313 g/mol. The van der Waals surface area contributed by atoms with Crippen LogP contribution in [0.1, 0.15) is 24.5 Å². The molecule has 2 saturated heterocycles. The molecule has 3 rings (SSSR count). The summed E-state index contributed by atoms with van der Waals surface area (Å²) in [6.45, 7) is 3.62. The number of hydrogen-bond acceptors (Lipinski definition) is 4. The van der Waals surface area contributed by atoms with E-state index in [1.165, 1.54) is 0 Å². The third kappa shape index (κ3) is 3.52. The standard InChI is InChI=1S/C15H19Cl2NO3/c16-11-1-2-12(13(17)9-11)14(19)10-18-5-3-15(4-6-18)20-7-8-21-15/h1-2,9,14,19H,3-8,10H2. The minimum Gasteiger partial charge on any atom is -0.387 e. The lowest BCUT2D eigenvalue weighted by Gasteiger charge is -2.38. The van der Waals surface area contributed by atoms with E-state index in [1.54, 1.807) is 18.2 Å². The van der Waals surface area contributed by atoms with Crippen LogP contribution >= 0.6 is 23.2 Å². The molecule has 0 saturated carbocycles. The Balaban J connectivity index is 1.57. The molecule has 4 nitrogen and oxygen atoms in total. The predicted octanol–water partition coefficient (Wildman–Crippen LogP) is 2.87. The molecule has 0 bridgehead atoms. The van der Waals surface area contributed by atoms with Gasteiger partial charge in [-0.15, -0.1) is 0 Å². The van der Waals surface area contributed by atoms with Gasteiger partial charge < -0.3 is 19.5 Å². The number of aliphatic hydroxyl groups excluding tert-OH is 1. The van der Waals surface area contributed by atoms with Gasteiger partial charge in [-0.1, -0.05) is 29.3 Å². The van der Waals surface area contributed by atoms with Crippen LogP contribution in [0.4, 0.5) is 0 Å². The Hall–Kier alpha value is -0.360. The van der Waals surface area contributed by atoms with Crippen molar-refractivity contribution >= 4 is 23.2 Å². The van der Waals surface area contributed by atoms with Crippen LogP contribution in [-0.2, 0) is 9.47 Å². The molecule has 2 heterocycles. The molecule has 1 N–H and O–H groups in total. The molecule has 2 aliphatic heterocycles. The highest BCUT2D eigenvalue weighted by Gasteiger charge is 2.39. The van der Waals surface area contributed by atoms with Crippen molar-refractivity contribution in [3.8, 4) is 0 Å². The second kappa shape index (κ2) is 6.41. The van der Waals surface area contributed by atoms with Gasteiger partial charge in [0.05, 0.1) is 19.3 Å². The highest BCUT2D eigenvalue weighted by atomic mass is 35.5. The lowest BCUT2D eigenvalue weighted by molar-refractivity contribution is -0.186. The normalized spacial score (nSPS) is 23.6. The first kappa shape index (κ1) is 15.5. The third-order valence-electron chi connectivity index (χ3n) is 4.18. The molecule has 0 aliphatic carbocycles. The molecule has 2 fully saturated rings. The molecule has 21 heavy (non-hydrogen) atoms. The molecule has 1 unspecified atom stereocenters. The van der Waals surface area contributed by atoms with Gasteiger partial charge >= 0.3 is 0 Å². The van der Waals surface area contributed by atoms with Gasteiger partial charge in [-0.2, -0.15) is 0 Å². The maximum Gasteiger partial charge on any atom is 0.170 e. The molecule has 116 valence electrons. The summed E-state index contributed by atoms with van der Waals surface area (Å²) < 4.78 is 11.4. The van der Waals surface area contributed by atoms with E-state index in [1.807, 2.05) is 0 Å². The highest BCUT2D eigenvalue weighted by Crippen LogP contribution is 2.32. The van der Waals surface area contributed by atoms with E-state index in [2.05, 4.69) is 4.90 Å². The molecule has 0 radical (unpaired) electrons. The molecule has 2 aliphatic rings. The van der Waals surface area contributed by atoms with E-state index in [0.29, 0.717) is 29.8 Å². The Morgan fingerprint density at radius 2 is 1.86 bits per heavy atom. The van der Waals surface area contributed by atoms with Crippen molar-refractivity contribution in [1.82, 2.24) is 4.90 Å². The van der Waals surface area contributed by atoms with Crippen molar-refractivity contribution in [2.45, 2.75) is 24.7 Å². The van der Waals surface area contributed by atoms with Gasteiger partial charge in [-0.05, 0) is 12.1 Å². The lowest BCUT2D eigenvalue weighted by atomic mass is 10.0. The van der Waals surface area contributed by atoms with E-state index in [9.17, 15) is 5.11 Å². The first-order chi connectivity index (χ1) is 10.1. The van der Waals surface area contributed by atoms with Crippen LogP contribution < -0.4 is 0 Å². The van der Waals surface area contributed by atoms with Crippen molar-refractivity contribution < 1.29 is 14.6 Å². The van der Waals surface area contributed by atoms with E-state index in [4.69, 9.17) is 32.7 Å². The quantitative estimate of drug-likeness (QED) is 0.924. The minimum absolute atomic E-state index is 0.376. The van der Waals surface area contributed by atoms with Gasteiger partial charge in [0.1, 0.15) is 0 Å². The van der Waals surface area contributed by atoms with E-state index >= 15 is 0 Å². The van der Waals surface area contributed by atoms with Crippen molar-refractivity contribution in [2.24, 2.45) is 0 Å². The van der Waals surface area contributed by atoms with Gasteiger partial charge in [0.2, 0.25) is 0 Å². The van der Waals surface area contributed by atoms with Crippen LogP contribution in [0.25, 0.3) is 0 Å². The van der Waals surface area contributed by atoms with E-state index < -0.39 is 6.10 Å². The van der Waals surface area contributed by atoms with Crippen molar-refractivity contribution in [3.05, 3.63) is 33.8 Å². The summed E-state index contributed by atoms with van der Waals surface area (Å²) >= 11 is 12.0. The number of rotatable bonds is 3. The number of β-amino-alcohol motifs (C(OH)–C–C–N with tert-alkyl or cyclic N) is 1. The average molecular weight is 332 g/mol.